The van der Waals surface area contributed by atoms with Gasteiger partial charge in [-0.25, -0.2) is 5.01 Å². The molecule has 1 aliphatic heterocycles. The van der Waals surface area contributed by atoms with Gasteiger partial charge in [0.2, 0.25) is 0 Å². The Kier molecular flexibility index (Phi) is 5.85. The van der Waals surface area contributed by atoms with Gasteiger partial charge in [0.05, 0.1) is 9.26 Å². The van der Waals surface area contributed by atoms with Crippen molar-refractivity contribution in [1.82, 2.24) is 5.43 Å². The summed E-state index contributed by atoms with van der Waals surface area (Å²) in [5.41, 5.74) is 6.38. The molecule has 1 N–H and O–H groups in total. The summed E-state index contributed by atoms with van der Waals surface area (Å²) >= 11 is 2.20. The van der Waals surface area contributed by atoms with E-state index in [2.05, 4.69) is 47.1 Å². The van der Waals surface area contributed by atoms with Crippen LogP contribution >= 0.6 is 22.6 Å². The average Bonchev–Trinajstić information content (AvgIpc) is 3.02. The van der Waals surface area contributed by atoms with Crippen LogP contribution in [0.2, 0.25) is 0 Å². The Bertz CT molecular complexity index is 1140. The third-order valence-electron chi connectivity index (χ3n) is 4.65. The van der Waals surface area contributed by atoms with E-state index in [0.717, 1.165) is 20.4 Å². The van der Waals surface area contributed by atoms with Gasteiger partial charge in [-0.15, -0.1) is 0 Å². The molecule has 1 saturated heterocycles. The number of nitrogens with one attached hydrogen (secondary N) is 1. The second-order valence-electron chi connectivity index (χ2n) is 6.94. The molecule has 1 heterocycles. The van der Waals surface area contributed by atoms with Crippen molar-refractivity contribution in [1.29, 1.82) is 0 Å². The van der Waals surface area contributed by atoms with E-state index in [1.54, 1.807) is 18.2 Å². The molecular formula is C24H19IN2O3. The van der Waals surface area contributed by atoms with Crippen LogP contribution in [-0.4, -0.2) is 11.8 Å². The number of hydrogen-bond donors (Lipinski definition) is 1. The SMILES string of the molecule is Cc1cccc(COc2ccc(/C=C3/C(=O)NN(c4ccccc4)C3=O)cc2I)c1. The number of para-hydroxylation sites is 1. The highest BCUT2D eigenvalue weighted by molar-refractivity contribution is 14.1. The molecule has 0 aliphatic carbocycles. The van der Waals surface area contributed by atoms with Crippen molar-refractivity contribution >= 4 is 46.2 Å². The largest absolute Gasteiger partial charge is 0.488 e. The minimum atomic E-state index is -0.418. The van der Waals surface area contributed by atoms with E-state index in [1.165, 1.54) is 10.6 Å². The Labute approximate surface area is 188 Å². The third kappa shape index (κ3) is 4.38. The number of benzene rings is 3. The summed E-state index contributed by atoms with van der Waals surface area (Å²) in [5.74, 6) is -0.0352. The lowest BCUT2D eigenvalue weighted by Crippen LogP contribution is -2.35. The van der Waals surface area contributed by atoms with Gasteiger partial charge in [0, 0.05) is 0 Å². The van der Waals surface area contributed by atoms with Gasteiger partial charge in [-0.2, -0.15) is 0 Å². The first kappa shape index (κ1) is 20.2. The van der Waals surface area contributed by atoms with Crippen molar-refractivity contribution in [2.24, 2.45) is 0 Å². The number of carbonyl (C=O) groups excluding carboxylic acids is 2. The van der Waals surface area contributed by atoms with Gasteiger partial charge in [0.25, 0.3) is 11.8 Å². The number of ether oxygens (including phenoxy) is 1. The van der Waals surface area contributed by atoms with Crippen molar-refractivity contribution in [3.8, 4) is 5.75 Å². The standard InChI is InChI=1S/C24H19IN2O3/c1-16-6-5-7-18(12-16)15-30-22-11-10-17(14-21(22)25)13-20-23(28)26-27(24(20)29)19-8-3-2-4-9-19/h2-14H,15H2,1H3,(H,26,28)/b20-13-. The lowest BCUT2D eigenvalue weighted by molar-refractivity contribution is -0.117. The van der Waals surface area contributed by atoms with Crippen LogP contribution in [0.1, 0.15) is 16.7 Å². The molecule has 0 saturated carbocycles. The number of aryl methyl sites for hydroxylation is 1. The van der Waals surface area contributed by atoms with Gasteiger partial charge in [0.1, 0.15) is 17.9 Å². The Morgan fingerprint density at radius 1 is 1.00 bits per heavy atom. The molecule has 0 unspecified atom stereocenters. The zero-order valence-corrected chi connectivity index (χ0v) is 18.4. The number of nitrogens with zero attached hydrogens (tertiary/aromatic N) is 1. The smallest absolute Gasteiger partial charge is 0.282 e. The fraction of sp³-hybridized carbons (Fsp3) is 0.0833. The molecule has 6 heteroatoms. The lowest BCUT2D eigenvalue weighted by atomic mass is 10.1. The predicted molar refractivity (Wildman–Crippen MR) is 125 cm³/mol. The minimum absolute atomic E-state index is 0.100. The third-order valence-corrected chi connectivity index (χ3v) is 5.49. The number of hydrazine groups is 1. The fourth-order valence-corrected chi connectivity index (χ4v) is 3.86. The monoisotopic (exact) mass is 510 g/mol. The first-order chi connectivity index (χ1) is 14.5. The van der Waals surface area contributed by atoms with Crippen LogP contribution in [0.3, 0.4) is 0 Å². The van der Waals surface area contributed by atoms with Crippen molar-refractivity contribution in [3.63, 3.8) is 0 Å². The van der Waals surface area contributed by atoms with E-state index in [-0.39, 0.29) is 11.5 Å². The maximum atomic E-state index is 12.7. The predicted octanol–water partition coefficient (Wildman–Crippen LogP) is 4.64. The van der Waals surface area contributed by atoms with Crippen LogP contribution in [0.15, 0.2) is 78.4 Å². The van der Waals surface area contributed by atoms with E-state index in [0.29, 0.717) is 12.3 Å². The number of rotatable bonds is 5. The molecule has 0 aromatic heterocycles. The summed E-state index contributed by atoms with van der Waals surface area (Å²) in [6.07, 6.45) is 1.60. The van der Waals surface area contributed by atoms with Crippen LogP contribution < -0.4 is 15.2 Å². The fourth-order valence-electron chi connectivity index (χ4n) is 3.17. The molecule has 3 aromatic carbocycles. The van der Waals surface area contributed by atoms with Gasteiger partial charge >= 0.3 is 0 Å². The molecule has 1 fully saturated rings. The average molecular weight is 510 g/mol. The van der Waals surface area contributed by atoms with Crippen molar-refractivity contribution < 1.29 is 14.3 Å². The normalized spacial score (nSPS) is 14.9. The number of anilines is 1. The highest BCUT2D eigenvalue weighted by atomic mass is 127. The van der Waals surface area contributed by atoms with E-state index < -0.39 is 5.91 Å². The second-order valence-corrected chi connectivity index (χ2v) is 8.10. The number of hydrogen-bond acceptors (Lipinski definition) is 3. The van der Waals surface area contributed by atoms with E-state index >= 15 is 0 Å². The quantitative estimate of drug-likeness (QED) is 0.309. The molecule has 2 amide bonds. The van der Waals surface area contributed by atoms with Crippen LogP contribution in [0.25, 0.3) is 6.08 Å². The van der Waals surface area contributed by atoms with Crippen molar-refractivity contribution in [3.05, 3.63) is 98.6 Å². The van der Waals surface area contributed by atoms with Gasteiger partial charge < -0.3 is 4.74 Å². The number of carbonyl (C=O) groups is 2. The van der Waals surface area contributed by atoms with E-state index in [4.69, 9.17) is 4.74 Å². The Hall–Kier alpha value is -3.13. The van der Waals surface area contributed by atoms with Crippen LogP contribution in [0.4, 0.5) is 5.69 Å². The molecule has 3 aromatic rings. The Morgan fingerprint density at radius 2 is 1.80 bits per heavy atom. The maximum absolute atomic E-state index is 12.7. The molecule has 0 atom stereocenters. The molecule has 0 bridgehead atoms. The zero-order chi connectivity index (χ0) is 21.1. The van der Waals surface area contributed by atoms with Crippen molar-refractivity contribution in [2.45, 2.75) is 13.5 Å². The summed E-state index contributed by atoms with van der Waals surface area (Å²) in [4.78, 5) is 25.1. The first-order valence-electron chi connectivity index (χ1n) is 9.41. The summed E-state index contributed by atoms with van der Waals surface area (Å²) in [7, 11) is 0. The van der Waals surface area contributed by atoms with Gasteiger partial charge in [0.15, 0.2) is 0 Å². The highest BCUT2D eigenvalue weighted by Crippen LogP contribution is 2.26. The Balaban J connectivity index is 1.50. The minimum Gasteiger partial charge on any atom is -0.488 e. The molecule has 0 radical (unpaired) electrons. The van der Waals surface area contributed by atoms with Crippen LogP contribution in [0, 0.1) is 10.5 Å². The van der Waals surface area contributed by atoms with Crippen LogP contribution in [0.5, 0.6) is 5.75 Å². The molecule has 4 rings (SSSR count). The summed E-state index contributed by atoms with van der Waals surface area (Å²) < 4.78 is 6.84. The van der Waals surface area contributed by atoms with Gasteiger partial charge in [-0.3, -0.25) is 15.0 Å². The van der Waals surface area contributed by atoms with Crippen LogP contribution in [-0.2, 0) is 16.2 Å². The molecular weight excluding hydrogens is 491 g/mol. The molecule has 1 aliphatic rings. The summed E-state index contributed by atoms with van der Waals surface area (Å²) in [6.45, 7) is 2.53. The highest BCUT2D eigenvalue weighted by Gasteiger charge is 2.34. The van der Waals surface area contributed by atoms with Gasteiger partial charge in [-0.1, -0.05) is 54.1 Å². The molecule has 150 valence electrons. The summed E-state index contributed by atoms with van der Waals surface area (Å²) in [6, 6.07) is 22.8. The molecule has 0 spiro atoms. The second kappa shape index (κ2) is 8.71. The molecule has 5 nitrogen and oxygen atoms in total. The first-order valence-corrected chi connectivity index (χ1v) is 10.5. The zero-order valence-electron chi connectivity index (χ0n) is 16.3. The molecule has 30 heavy (non-hydrogen) atoms. The maximum Gasteiger partial charge on any atom is 0.282 e. The number of amides is 2. The number of halogens is 1. The van der Waals surface area contributed by atoms with E-state index in [9.17, 15) is 9.59 Å². The van der Waals surface area contributed by atoms with Crippen molar-refractivity contribution in [2.75, 3.05) is 5.01 Å². The van der Waals surface area contributed by atoms with Gasteiger partial charge in [-0.05, 0) is 71.0 Å². The summed E-state index contributed by atoms with van der Waals surface area (Å²) in [5, 5.41) is 1.26. The Morgan fingerprint density at radius 3 is 2.53 bits per heavy atom. The van der Waals surface area contributed by atoms with E-state index in [1.807, 2.05) is 48.5 Å². The lowest BCUT2D eigenvalue weighted by Gasteiger charge is -2.13. The topological polar surface area (TPSA) is 58.6 Å².